The molecule has 8 heteroatoms. The van der Waals surface area contributed by atoms with E-state index in [1.54, 1.807) is 24.2 Å². The van der Waals surface area contributed by atoms with E-state index in [0.717, 1.165) is 6.20 Å². The van der Waals surface area contributed by atoms with Crippen molar-refractivity contribution in [2.24, 2.45) is 5.73 Å². The number of hydrogen-bond acceptors (Lipinski definition) is 4. The Labute approximate surface area is 101 Å². The second-order valence-corrected chi connectivity index (χ2v) is 3.58. The molecule has 0 amide bonds. The lowest BCUT2D eigenvalue weighted by Gasteiger charge is -2.15. The number of halogens is 3. The summed E-state index contributed by atoms with van der Waals surface area (Å²) in [6, 6.07) is -0.404. The van der Waals surface area contributed by atoms with Crippen molar-refractivity contribution in [3.63, 3.8) is 0 Å². The fourth-order valence-corrected chi connectivity index (χ4v) is 1.37. The second kappa shape index (κ2) is 5.67. The predicted octanol–water partition coefficient (Wildman–Crippen LogP) is 1.10. The molecule has 0 fully saturated rings. The number of hydrogen-bond donors (Lipinski definition) is 3. The van der Waals surface area contributed by atoms with Crippen LogP contribution in [0, 0.1) is 0 Å². The van der Waals surface area contributed by atoms with E-state index in [-0.39, 0.29) is 12.2 Å². The van der Waals surface area contributed by atoms with Gasteiger partial charge in [-0.1, -0.05) is 12.2 Å². The van der Waals surface area contributed by atoms with E-state index < -0.39 is 23.3 Å². The van der Waals surface area contributed by atoms with Crippen molar-refractivity contribution in [1.82, 2.24) is 10.2 Å². The SMILES string of the molecule is CC(/C=C/CN)Nc1cn[nH]c(=O)c1C(F)(F)F. The minimum atomic E-state index is -4.74. The third kappa shape index (κ3) is 3.59. The van der Waals surface area contributed by atoms with Crippen LogP contribution in [0.4, 0.5) is 18.9 Å². The molecule has 18 heavy (non-hydrogen) atoms. The summed E-state index contributed by atoms with van der Waals surface area (Å²) in [7, 11) is 0. The van der Waals surface area contributed by atoms with Crippen molar-refractivity contribution in [2.75, 3.05) is 11.9 Å². The molecule has 0 spiro atoms. The van der Waals surface area contributed by atoms with Crippen molar-refractivity contribution in [1.29, 1.82) is 0 Å². The molecular weight excluding hydrogens is 249 g/mol. The molecule has 0 bridgehead atoms. The monoisotopic (exact) mass is 262 g/mol. The van der Waals surface area contributed by atoms with Crippen molar-refractivity contribution >= 4 is 5.69 Å². The first-order valence-corrected chi connectivity index (χ1v) is 5.14. The molecule has 1 rings (SSSR count). The largest absolute Gasteiger partial charge is 0.423 e. The molecule has 4 N–H and O–H groups in total. The van der Waals surface area contributed by atoms with Gasteiger partial charge in [-0.05, 0) is 6.92 Å². The second-order valence-electron chi connectivity index (χ2n) is 3.58. The van der Waals surface area contributed by atoms with E-state index in [0.29, 0.717) is 0 Å². The van der Waals surface area contributed by atoms with Crippen molar-refractivity contribution in [3.8, 4) is 0 Å². The molecule has 100 valence electrons. The van der Waals surface area contributed by atoms with Gasteiger partial charge in [0.15, 0.2) is 0 Å². The van der Waals surface area contributed by atoms with E-state index in [4.69, 9.17) is 5.73 Å². The first kappa shape index (κ1) is 14.2. The zero-order valence-corrected chi connectivity index (χ0v) is 9.58. The highest BCUT2D eigenvalue weighted by atomic mass is 19.4. The first-order chi connectivity index (χ1) is 8.36. The summed E-state index contributed by atoms with van der Waals surface area (Å²) in [5, 5.41) is 7.65. The number of nitrogens with zero attached hydrogens (tertiary/aromatic N) is 1. The van der Waals surface area contributed by atoms with Crippen LogP contribution in [0.1, 0.15) is 12.5 Å². The summed E-state index contributed by atoms with van der Waals surface area (Å²) in [6.45, 7) is 1.92. The summed E-state index contributed by atoms with van der Waals surface area (Å²) in [5.41, 5.74) is 2.31. The lowest BCUT2D eigenvalue weighted by atomic mass is 10.2. The summed E-state index contributed by atoms with van der Waals surface area (Å²) >= 11 is 0. The van der Waals surface area contributed by atoms with Crippen molar-refractivity contribution < 1.29 is 13.2 Å². The molecule has 1 atom stereocenters. The number of aromatic nitrogens is 2. The van der Waals surface area contributed by atoms with E-state index in [1.807, 2.05) is 0 Å². The molecule has 5 nitrogen and oxygen atoms in total. The Bertz CT molecular complexity index is 481. The number of nitrogens with one attached hydrogen (secondary N) is 2. The molecule has 1 heterocycles. The number of H-pyrrole nitrogens is 1. The highest BCUT2D eigenvalue weighted by molar-refractivity contribution is 5.50. The van der Waals surface area contributed by atoms with Crippen LogP contribution in [-0.4, -0.2) is 22.8 Å². The third-order valence-electron chi connectivity index (χ3n) is 2.08. The fraction of sp³-hybridized carbons (Fsp3) is 0.400. The summed E-state index contributed by atoms with van der Waals surface area (Å²) in [6.07, 6.45) is -0.611. The normalized spacial score (nSPS) is 13.8. The quantitative estimate of drug-likeness (QED) is 0.709. The Kier molecular flexibility index (Phi) is 4.49. The Hall–Kier alpha value is -1.83. The zero-order chi connectivity index (χ0) is 13.8. The lowest BCUT2D eigenvalue weighted by molar-refractivity contribution is -0.138. The molecule has 0 aliphatic carbocycles. The first-order valence-electron chi connectivity index (χ1n) is 5.14. The van der Waals surface area contributed by atoms with Crippen LogP contribution in [0.2, 0.25) is 0 Å². The highest BCUT2D eigenvalue weighted by Gasteiger charge is 2.37. The third-order valence-corrected chi connectivity index (χ3v) is 2.08. The Balaban J connectivity index is 3.07. The van der Waals surface area contributed by atoms with Gasteiger partial charge in [0.1, 0.15) is 5.56 Å². The number of aromatic amines is 1. The van der Waals surface area contributed by atoms with Gasteiger partial charge in [-0.15, -0.1) is 0 Å². The maximum Gasteiger partial charge on any atom is 0.423 e. The van der Waals surface area contributed by atoms with Crippen LogP contribution in [-0.2, 0) is 6.18 Å². The molecule has 0 radical (unpaired) electrons. The Morgan fingerprint density at radius 1 is 1.61 bits per heavy atom. The van der Waals surface area contributed by atoms with Gasteiger partial charge in [-0.25, -0.2) is 5.10 Å². The minimum Gasteiger partial charge on any atom is -0.377 e. The van der Waals surface area contributed by atoms with Gasteiger partial charge in [0.2, 0.25) is 0 Å². The van der Waals surface area contributed by atoms with Crippen molar-refractivity contribution in [3.05, 3.63) is 34.3 Å². The maximum atomic E-state index is 12.7. The highest BCUT2D eigenvalue weighted by Crippen LogP contribution is 2.31. The topological polar surface area (TPSA) is 83.8 Å². The zero-order valence-electron chi connectivity index (χ0n) is 9.58. The molecule has 0 saturated heterocycles. The van der Waals surface area contributed by atoms with Gasteiger partial charge < -0.3 is 11.1 Å². The van der Waals surface area contributed by atoms with Gasteiger partial charge in [-0.3, -0.25) is 4.79 Å². The van der Waals surface area contributed by atoms with Gasteiger partial charge in [0.25, 0.3) is 5.56 Å². The summed E-state index contributed by atoms with van der Waals surface area (Å²) < 4.78 is 38.1. The molecular formula is C10H13F3N4O. The number of rotatable bonds is 4. The van der Waals surface area contributed by atoms with Gasteiger partial charge in [0.05, 0.1) is 11.9 Å². The molecule has 1 aromatic rings. The molecule has 1 unspecified atom stereocenters. The average molecular weight is 262 g/mol. The molecule has 1 aromatic heterocycles. The standard InChI is InChI=1S/C10H13F3N4O/c1-6(3-2-4-14)16-7-5-15-17-9(18)8(7)10(11,12)13/h2-3,5-6H,4,14H2,1H3,(H2,16,17,18)/b3-2+. The van der Waals surface area contributed by atoms with E-state index >= 15 is 0 Å². The van der Waals surface area contributed by atoms with Crippen molar-refractivity contribution in [2.45, 2.75) is 19.1 Å². The summed E-state index contributed by atoms with van der Waals surface area (Å²) in [4.78, 5) is 11.2. The van der Waals surface area contributed by atoms with Gasteiger partial charge in [0, 0.05) is 12.6 Å². The maximum absolute atomic E-state index is 12.7. The Morgan fingerprint density at radius 3 is 2.83 bits per heavy atom. The van der Waals surface area contributed by atoms with Crippen LogP contribution in [0.15, 0.2) is 23.1 Å². The smallest absolute Gasteiger partial charge is 0.377 e. The van der Waals surface area contributed by atoms with E-state index in [2.05, 4.69) is 10.4 Å². The Morgan fingerprint density at radius 2 is 2.28 bits per heavy atom. The molecule has 0 saturated carbocycles. The number of anilines is 1. The molecule has 0 aliphatic rings. The van der Waals surface area contributed by atoms with Crippen LogP contribution in [0.5, 0.6) is 0 Å². The fourth-order valence-electron chi connectivity index (χ4n) is 1.37. The van der Waals surface area contributed by atoms with E-state index in [9.17, 15) is 18.0 Å². The summed E-state index contributed by atoms with van der Waals surface area (Å²) in [5.74, 6) is 0. The number of alkyl halides is 3. The van der Waals surface area contributed by atoms with Crippen LogP contribution in [0.25, 0.3) is 0 Å². The minimum absolute atomic E-state index is 0.284. The van der Waals surface area contributed by atoms with Crippen LogP contribution < -0.4 is 16.6 Å². The van der Waals surface area contributed by atoms with E-state index in [1.165, 1.54) is 0 Å². The van der Waals surface area contributed by atoms with Crippen LogP contribution >= 0.6 is 0 Å². The van der Waals surface area contributed by atoms with Crippen LogP contribution in [0.3, 0.4) is 0 Å². The predicted molar refractivity (Wildman–Crippen MR) is 61.1 cm³/mol. The van der Waals surface area contributed by atoms with Gasteiger partial charge >= 0.3 is 6.18 Å². The van der Waals surface area contributed by atoms with Gasteiger partial charge in [-0.2, -0.15) is 18.3 Å². The molecule has 0 aliphatic heterocycles. The lowest BCUT2D eigenvalue weighted by Crippen LogP contribution is -2.26. The number of nitrogens with two attached hydrogens (primary N) is 1. The average Bonchev–Trinajstić information content (AvgIpc) is 2.24. The molecule has 0 aromatic carbocycles.